The third-order valence-electron chi connectivity index (χ3n) is 11.4. The summed E-state index contributed by atoms with van der Waals surface area (Å²) in [7, 11) is 0. The van der Waals surface area contributed by atoms with Gasteiger partial charge < -0.3 is 14.4 Å². The Labute approximate surface area is 330 Å². The molecule has 56 heavy (non-hydrogen) atoms. The van der Waals surface area contributed by atoms with Gasteiger partial charge in [-0.15, -0.1) is 0 Å². The monoisotopic (exact) mass is 729 g/mol. The first-order valence-corrected chi connectivity index (χ1v) is 19.6. The van der Waals surface area contributed by atoms with Gasteiger partial charge in [0.25, 0.3) is 0 Å². The molecule has 276 valence electrons. The predicted octanol–water partition coefficient (Wildman–Crippen LogP) is 14.1. The molecule has 0 amide bonds. The van der Waals surface area contributed by atoms with E-state index >= 15 is 0 Å². The lowest BCUT2D eigenvalue weighted by Crippen LogP contribution is -2.27. The smallest absolute Gasteiger partial charge is 0.174 e. The van der Waals surface area contributed by atoms with Gasteiger partial charge in [0, 0.05) is 39.1 Å². The third kappa shape index (κ3) is 5.95. The van der Waals surface area contributed by atoms with Crippen molar-refractivity contribution in [3.05, 3.63) is 198 Å². The Hall–Kier alpha value is -6.16. The van der Waals surface area contributed by atoms with Gasteiger partial charge in [-0.1, -0.05) is 169 Å². The molecule has 0 atom stereocenters. The molecule has 0 fully saturated rings. The Bertz CT molecular complexity index is 2650. The molecule has 8 aromatic rings. The number of benzene rings is 7. The molecule has 3 heteroatoms. The van der Waals surface area contributed by atoms with Gasteiger partial charge in [0.2, 0.25) is 0 Å². The van der Waals surface area contributed by atoms with Crippen LogP contribution in [0.2, 0.25) is 0 Å². The van der Waals surface area contributed by atoms with E-state index in [4.69, 9.17) is 4.42 Å². The maximum atomic E-state index is 13.6. The maximum absolute atomic E-state index is 13.6. The summed E-state index contributed by atoms with van der Waals surface area (Å²) < 4.78 is 6.92. The maximum Gasteiger partial charge on any atom is 0.174 e. The highest BCUT2D eigenvalue weighted by atomic mass is 16.4. The number of hydrogen-bond acceptors (Lipinski definition) is 3. The predicted molar refractivity (Wildman–Crippen MR) is 233 cm³/mol. The number of rotatable bonds is 6. The minimum absolute atomic E-state index is 0.112. The van der Waals surface area contributed by atoms with E-state index in [1.807, 2.05) is 18.2 Å². The Kier molecular flexibility index (Phi) is 8.41. The second kappa shape index (κ2) is 13.3. The van der Waals surface area contributed by atoms with Crippen molar-refractivity contribution in [2.75, 3.05) is 4.90 Å². The van der Waals surface area contributed by atoms with Gasteiger partial charge in [0.05, 0.1) is 0 Å². The number of aliphatic hydroxyl groups is 1. The fourth-order valence-electron chi connectivity index (χ4n) is 8.32. The van der Waals surface area contributed by atoms with Gasteiger partial charge in [-0.2, -0.15) is 0 Å². The van der Waals surface area contributed by atoms with E-state index in [0.29, 0.717) is 5.76 Å². The van der Waals surface area contributed by atoms with Gasteiger partial charge in [-0.25, -0.2) is 0 Å². The fraction of sp³-hybridized carbons (Fsp3) is 0.170. The largest absolute Gasteiger partial charge is 0.457 e. The first-order valence-electron chi connectivity index (χ1n) is 19.6. The molecule has 0 radical (unpaired) electrons. The number of anilines is 3. The van der Waals surface area contributed by atoms with Crippen LogP contribution in [-0.2, 0) is 16.4 Å². The van der Waals surface area contributed by atoms with Crippen molar-refractivity contribution in [3.8, 4) is 33.4 Å². The van der Waals surface area contributed by atoms with Crippen LogP contribution >= 0.6 is 0 Å². The van der Waals surface area contributed by atoms with Gasteiger partial charge >= 0.3 is 0 Å². The summed E-state index contributed by atoms with van der Waals surface area (Å²) in [4.78, 5) is 2.30. The van der Waals surface area contributed by atoms with Crippen LogP contribution in [0.5, 0.6) is 0 Å². The number of nitrogens with zero attached hydrogens (tertiary/aromatic N) is 1. The Balaban J connectivity index is 1.23. The Morgan fingerprint density at radius 3 is 1.59 bits per heavy atom. The van der Waals surface area contributed by atoms with E-state index < -0.39 is 5.60 Å². The van der Waals surface area contributed by atoms with Crippen LogP contribution < -0.4 is 4.90 Å². The summed E-state index contributed by atoms with van der Waals surface area (Å²) in [5, 5.41) is 14.6. The molecule has 0 unspecified atom stereocenters. The van der Waals surface area contributed by atoms with Crippen molar-refractivity contribution in [2.24, 2.45) is 0 Å². The summed E-state index contributed by atoms with van der Waals surface area (Å²) in [5.41, 5.74) is 12.5. The standard InChI is InChI=1S/C53H47NO2/c1-51(2,3)38-26-30-43-44-31-27-39(52(4,5)6)34-47(44)53(55,46(43)33-38)50-49(45-22-13-14-23-48(45)56-50)36-24-28-41(29-25-36)54(40-19-11-8-12-20-40)42-21-15-18-37(32-42)35-16-9-7-10-17-35/h7-34,55H,1-6H3. The average Bonchev–Trinajstić information content (AvgIpc) is 3.72. The average molecular weight is 730 g/mol. The minimum atomic E-state index is -1.53. The molecule has 1 N–H and O–H groups in total. The number of furan rings is 1. The highest BCUT2D eigenvalue weighted by molar-refractivity contribution is 5.98. The van der Waals surface area contributed by atoms with Gasteiger partial charge in [-0.05, 0) is 92.2 Å². The van der Waals surface area contributed by atoms with Gasteiger partial charge in [0.1, 0.15) is 5.58 Å². The lowest BCUT2D eigenvalue weighted by molar-refractivity contribution is 0.106. The molecule has 1 aliphatic carbocycles. The highest BCUT2D eigenvalue weighted by Gasteiger charge is 2.48. The summed E-state index contributed by atoms with van der Waals surface area (Å²) >= 11 is 0. The molecule has 1 aromatic heterocycles. The Morgan fingerprint density at radius 2 is 0.982 bits per heavy atom. The topological polar surface area (TPSA) is 36.6 Å². The summed E-state index contributed by atoms with van der Waals surface area (Å²) in [6.45, 7) is 13.3. The molecule has 1 aliphatic rings. The second-order valence-corrected chi connectivity index (χ2v) is 17.2. The van der Waals surface area contributed by atoms with E-state index in [1.54, 1.807) is 0 Å². The van der Waals surface area contributed by atoms with Crippen LogP contribution in [-0.4, -0.2) is 5.11 Å². The molecule has 0 saturated carbocycles. The quantitative estimate of drug-likeness (QED) is 0.185. The number of hydrogen-bond donors (Lipinski definition) is 1. The highest BCUT2D eigenvalue weighted by Crippen LogP contribution is 2.56. The molecule has 7 aromatic carbocycles. The lowest BCUT2D eigenvalue weighted by Gasteiger charge is -2.29. The van der Waals surface area contributed by atoms with E-state index in [0.717, 1.165) is 78.1 Å². The van der Waals surface area contributed by atoms with Crippen LogP contribution in [0.15, 0.2) is 174 Å². The molecular formula is C53H47NO2. The molecular weight excluding hydrogens is 683 g/mol. The van der Waals surface area contributed by atoms with Crippen molar-refractivity contribution in [2.45, 2.75) is 58.0 Å². The zero-order valence-electron chi connectivity index (χ0n) is 33.0. The molecule has 3 nitrogen and oxygen atoms in total. The van der Waals surface area contributed by atoms with E-state index in [9.17, 15) is 5.11 Å². The van der Waals surface area contributed by atoms with Gasteiger partial charge in [0.15, 0.2) is 11.4 Å². The van der Waals surface area contributed by atoms with E-state index in [1.165, 1.54) is 5.56 Å². The summed E-state index contributed by atoms with van der Waals surface area (Å²) in [6, 6.07) is 59.8. The van der Waals surface area contributed by atoms with E-state index in [2.05, 4.69) is 198 Å². The molecule has 0 spiro atoms. The van der Waals surface area contributed by atoms with Crippen LogP contribution in [0.3, 0.4) is 0 Å². The normalized spacial score (nSPS) is 13.4. The molecule has 0 aliphatic heterocycles. The van der Waals surface area contributed by atoms with Crippen LogP contribution in [0, 0.1) is 0 Å². The Morgan fingerprint density at radius 1 is 0.464 bits per heavy atom. The SMILES string of the molecule is CC(C)(C)c1ccc2c(c1)C(O)(c1oc3ccccc3c1-c1ccc(N(c3ccccc3)c3cccc(-c4ccccc4)c3)cc1)c1cc(C(C)(C)C)ccc1-2. The minimum Gasteiger partial charge on any atom is -0.457 e. The van der Waals surface area contributed by atoms with Crippen LogP contribution in [0.25, 0.3) is 44.3 Å². The fourth-order valence-corrected chi connectivity index (χ4v) is 8.32. The third-order valence-corrected chi connectivity index (χ3v) is 11.4. The van der Waals surface area contributed by atoms with Crippen molar-refractivity contribution in [1.29, 1.82) is 0 Å². The molecule has 0 saturated heterocycles. The molecule has 0 bridgehead atoms. The first-order chi connectivity index (χ1) is 26.9. The summed E-state index contributed by atoms with van der Waals surface area (Å²) in [5.74, 6) is 0.541. The number of para-hydroxylation sites is 2. The zero-order chi connectivity index (χ0) is 38.8. The molecule has 1 heterocycles. The van der Waals surface area contributed by atoms with E-state index in [-0.39, 0.29) is 10.8 Å². The first kappa shape index (κ1) is 35.5. The lowest BCUT2D eigenvalue weighted by atomic mass is 9.79. The second-order valence-electron chi connectivity index (χ2n) is 17.2. The van der Waals surface area contributed by atoms with Crippen molar-refractivity contribution < 1.29 is 9.52 Å². The van der Waals surface area contributed by atoms with Crippen molar-refractivity contribution >= 4 is 28.0 Å². The van der Waals surface area contributed by atoms with Crippen LogP contribution in [0.4, 0.5) is 17.1 Å². The van der Waals surface area contributed by atoms with Crippen molar-refractivity contribution in [3.63, 3.8) is 0 Å². The summed E-state index contributed by atoms with van der Waals surface area (Å²) in [6.07, 6.45) is 0. The van der Waals surface area contributed by atoms with Crippen LogP contribution in [0.1, 0.15) is 69.6 Å². The molecule has 9 rings (SSSR count). The van der Waals surface area contributed by atoms with Gasteiger partial charge in [-0.3, -0.25) is 0 Å². The number of fused-ring (bicyclic) bond motifs is 4. The van der Waals surface area contributed by atoms with Crippen molar-refractivity contribution in [1.82, 2.24) is 0 Å². The zero-order valence-corrected chi connectivity index (χ0v) is 33.0.